The molecule has 0 spiro atoms. The second-order valence-electron chi connectivity index (χ2n) is 8.20. The van der Waals surface area contributed by atoms with E-state index >= 15 is 0 Å². The average Bonchev–Trinajstić information content (AvgIpc) is 2.73. The van der Waals surface area contributed by atoms with E-state index in [1.54, 1.807) is 0 Å². The van der Waals surface area contributed by atoms with Crippen LogP contribution in [0.5, 0.6) is 5.75 Å². The summed E-state index contributed by atoms with van der Waals surface area (Å²) in [5, 5.41) is 38.6. The summed E-state index contributed by atoms with van der Waals surface area (Å²) in [6.45, 7) is 7.62. The van der Waals surface area contributed by atoms with Gasteiger partial charge >= 0.3 is 6.16 Å². The molecule has 176 valence electrons. The smallest absolute Gasteiger partial charge is 0.434 e. The molecule has 0 unspecified atom stereocenters. The number of aliphatic hydroxyl groups excluding tert-OH is 4. The molecular formula is C22H34O9. The van der Waals surface area contributed by atoms with Crippen LogP contribution in [0.15, 0.2) is 18.2 Å². The predicted molar refractivity (Wildman–Crippen MR) is 111 cm³/mol. The summed E-state index contributed by atoms with van der Waals surface area (Å²) < 4.78 is 21.3. The molecule has 1 heterocycles. The van der Waals surface area contributed by atoms with E-state index in [2.05, 4.69) is 0 Å². The second kappa shape index (κ2) is 11.8. The van der Waals surface area contributed by atoms with E-state index in [9.17, 15) is 25.2 Å². The number of hydrogen-bond acceptors (Lipinski definition) is 9. The number of rotatable bonds is 9. The van der Waals surface area contributed by atoms with Gasteiger partial charge in [-0.15, -0.1) is 0 Å². The van der Waals surface area contributed by atoms with Gasteiger partial charge in [0.25, 0.3) is 0 Å². The van der Waals surface area contributed by atoms with Crippen LogP contribution in [0.2, 0.25) is 0 Å². The van der Waals surface area contributed by atoms with Crippen LogP contribution in [-0.4, -0.2) is 77.1 Å². The Morgan fingerprint density at radius 2 is 1.61 bits per heavy atom. The molecule has 0 saturated carbocycles. The van der Waals surface area contributed by atoms with E-state index in [0.29, 0.717) is 5.75 Å². The molecule has 1 aromatic carbocycles. The number of aliphatic hydroxyl groups is 4. The monoisotopic (exact) mass is 442 g/mol. The standard InChI is InChI=1S/C22H34O9/c1-12(2)14-7-5-8-15(13(3)4)20(14)31-22(27)29-10-6-9-28-21-19(26)18(25)17(24)16(11-23)30-21/h5,7-8,12-13,16-19,21,23-26H,6,9-11H2,1-4H3/t16-,17-,18+,19-,21-/m1/s1. The van der Waals surface area contributed by atoms with Crippen LogP contribution in [0, 0.1) is 0 Å². The summed E-state index contributed by atoms with van der Waals surface area (Å²) in [5.74, 6) is 0.872. The highest BCUT2D eigenvalue weighted by molar-refractivity contribution is 5.66. The molecule has 0 aliphatic carbocycles. The zero-order valence-corrected chi connectivity index (χ0v) is 18.4. The fourth-order valence-electron chi connectivity index (χ4n) is 3.33. The largest absolute Gasteiger partial charge is 0.513 e. The van der Waals surface area contributed by atoms with E-state index in [0.717, 1.165) is 11.1 Å². The zero-order valence-electron chi connectivity index (χ0n) is 18.4. The molecule has 9 heteroatoms. The maximum atomic E-state index is 12.2. The molecule has 1 aromatic rings. The Hall–Kier alpha value is -1.75. The molecule has 2 rings (SSSR count). The lowest BCUT2D eigenvalue weighted by Crippen LogP contribution is -2.59. The quantitative estimate of drug-likeness (QED) is 0.256. The number of carbonyl (C=O) groups excluding carboxylic acids is 1. The van der Waals surface area contributed by atoms with Crippen LogP contribution in [-0.2, 0) is 14.2 Å². The Labute approximate surface area is 182 Å². The minimum atomic E-state index is -1.50. The highest BCUT2D eigenvalue weighted by Crippen LogP contribution is 2.34. The van der Waals surface area contributed by atoms with Crippen molar-refractivity contribution in [3.8, 4) is 5.75 Å². The Kier molecular flexibility index (Phi) is 9.67. The van der Waals surface area contributed by atoms with Gasteiger partial charge in [-0.25, -0.2) is 4.79 Å². The van der Waals surface area contributed by atoms with Crippen molar-refractivity contribution >= 4 is 6.16 Å². The molecule has 4 N–H and O–H groups in total. The molecule has 1 aliphatic rings. The van der Waals surface area contributed by atoms with Crippen molar-refractivity contribution in [2.75, 3.05) is 19.8 Å². The van der Waals surface area contributed by atoms with Crippen molar-refractivity contribution in [2.45, 2.75) is 76.7 Å². The molecule has 1 aliphatic heterocycles. The van der Waals surface area contributed by atoms with Gasteiger partial charge in [-0.2, -0.15) is 0 Å². The Balaban J connectivity index is 1.82. The molecule has 31 heavy (non-hydrogen) atoms. The van der Waals surface area contributed by atoms with E-state index in [4.69, 9.17) is 18.9 Å². The van der Waals surface area contributed by atoms with E-state index in [-0.39, 0.29) is 31.5 Å². The molecule has 0 bridgehead atoms. The fraction of sp³-hybridized carbons (Fsp3) is 0.682. The molecule has 1 fully saturated rings. The first-order valence-electron chi connectivity index (χ1n) is 10.6. The molecule has 9 nitrogen and oxygen atoms in total. The summed E-state index contributed by atoms with van der Waals surface area (Å²) in [5.41, 5.74) is 1.85. The molecule has 1 saturated heterocycles. The summed E-state index contributed by atoms with van der Waals surface area (Å²) in [6, 6.07) is 5.79. The minimum absolute atomic E-state index is 0.0110. The van der Waals surface area contributed by atoms with Gasteiger partial charge in [0.2, 0.25) is 0 Å². The third kappa shape index (κ3) is 6.61. The summed E-state index contributed by atoms with van der Waals surface area (Å²) in [7, 11) is 0. The van der Waals surface area contributed by atoms with Crippen molar-refractivity contribution in [2.24, 2.45) is 0 Å². The Bertz CT molecular complexity index is 678. The van der Waals surface area contributed by atoms with Crippen molar-refractivity contribution in [3.05, 3.63) is 29.3 Å². The molecule has 0 radical (unpaired) electrons. The van der Waals surface area contributed by atoms with E-state index in [1.807, 2.05) is 45.9 Å². The number of ether oxygens (including phenoxy) is 4. The molecular weight excluding hydrogens is 408 g/mol. The van der Waals surface area contributed by atoms with Crippen LogP contribution in [0.4, 0.5) is 4.79 Å². The van der Waals surface area contributed by atoms with Crippen molar-refractivity contribution in [3.63, 3.8) is 0 Å². The zero-order chi connectivity index (χ0) is 23.1. The van der Waals surface area contributed by atoms with Gasteiger partial charge in [0.1, 0.15) is 30.2 Å². The number of hydrogen-bond donors (Lipinski definition) is 4. The topological polar surface area (TPSA) is 135 Å². The maximum absolute atomic E-state index is 12.2. The fourth-order valence-corrected chi connectivity index (χ4v) is 3.33. The van der Waals surface area contributed by atoms with Gasteiger partial charge in [-0.05, 0) is 23.0 Å². The third-order valence-electron chi connectivity index (χ3n) is 5.14. The van der Waals surface area contributed by atoms with Crippen molar-refractivity contribution < 1.29 is 44.2 Å². The third-order valence-corrected chi connectivity index (χ3v) is 5.14. The first kappa shape index (κ1) is 25.5. The number of carbonyl (C=O) groups is 1. The van der Waals surface area contributed by atoms with Crippen LogP contribution < -0.4 is 4.74 Å². The Morgan fingerprint density at radius 3 is 2.16 bits per heavy atom. The van der Waals surface area contributed by atoms with Crippen LogP contribution in [0.3, 0.4) is 0 Å². The first-order valence-corrected chi connectivity index (χ1v) is 10.6. The van der Waals surface area contributed by atoms with Gasteiger partial charge in [0, 0.05) is 6.42 Å². The van der Waals surface area contributed by atoms with Crippen LogP contribution in [0.25, 0.3) is 0 Å². The molecule has 5 atom stereocenters. The highest BCUT2D eigenvalue weighted by Gasteiger charge is 2.43. The van der Waals surface area contributed by atoms with Gasteiger partial charge in [-0.1, -0.05) is 45.9 Å². The lowest BCUT2D eigenvalue weighted by atomic mass is 9.94. The lowest BCUT2D eigenvalue weighted by Gasteiger charge is -2.39. The van der Waals surface area contributed by atoms with Crippen molar-refractivity contribution in [1.82, 2.24) is 0 Å². The Morgan fingerprint density at radius 1 is 1.00 bits per heavy atom. The SMILES string of the molecule is CC(C)c1cccc(C(C)C)c1OC(=O)OCCCO[C@@H]1O[C@H](CO)[C@@H](O)[C@H](O)[C@H]1O. The van der Waals surface area contributed by atoms with Gasteiger partial charge in [0.05, 0.1) is 19.8 Å². The van der Waals surface area contributed by atoms with E-state index < -0.39 is 43.5 Å². The second-order valence-corrected chi connectivity index (χ2v) is 8.20. The van der Waals surface area contributed by atoms with Crippen molar-refractivity contribution in [1.29, 1.82) is 0 Å². The predicted octanol–water partition coefficient (Wildman–Crippen LogP) is 1.66. The van der Waals surface area contributed by atoms with Gasteiger partial charge < -0.3 is 39.4 Å². The number of para-hydroxylation sites is 1. The molecule has 0 aromatic heterocycles. The average molecular weight is 443 g/mol. The molecule has 0 amide bonds. The first-order chi connectivity index (χ1) is 14.7. The normalized spacial score (nSPS) is 26.3. The van der Waals surface area contributed by atoms with Crippen LogP contribution in [0.1, 0.15) is 57.1 Å². The van der Waals surface area contributed by atoms with Crippen LogP contribution >= 0.6 is 0 Å². The maximum Gasteiger partial charge on any atom is 0.513 e. The van der Waals surface area contributed by atoms with E-state index in [1.165, 1.54) is 0 Å². The highest BCUT2D eigenvalue weighted by atomic mass is 16.7. The minimum Gasteiger partial charge on any atom is -0.434 e. The summed E-state index contributed by atoms with van der Waals surface area (Å²) in [4.78, 5) is 12.2. The summed E-state index contributed by atoms with van der Waals surface area (Å²) in [6.07, 6.45) is -7.19. The van der Waals surface area contributed by atoms with Gasteiger partial charge in [-0.3, -0.25) is 0 Å². The summed E-state index contributed by atoms with van der Waals surface area (Å²) >= 11 is 0. The number of benzene rings is 1. The lowest BCUT2D eigenvalue weighted by molar-refractivity contribution is -0.301. The van der Waals surface area contributed by atoms with Gasteiger partial charge in [0.15, 0.2) is 6.29 Å².